The minimum atomic E-state index is -2.45. The Morgan fingerprint density at radius 1 is 1.16 bits per heavy atom. The fourth-order valence-electron chi connectivity index (χ4n) is 6.01. The van der Waals surface area contributed by atoms with Gasteiger partial charge in [0.05, 0.1) is 19.1 Å². The normalized spacial score (nSPS) is 26.8. The van der Waals surface area contributed by atoms with Gasteiger partial charge in [-0.2, -0.15) is 0 Å². The molecule has 31 heavy (non-hydrogen) atoms. The number of halogens is 2. The van der Waals surface area contributed by atoms with Gasteiger partial charge in [0.15, 0.2) is 0 Å². The summed E-state index contributed by atoms with van der Waals surface area (Å²) in [6.45, 7) is 4.56. The van der Waals surface area contributed by atoms with E-state index in [1.54, 1.807) is 0 Å². The van der Waals surface area contributed by atoms with Crippen molar-refractivity contribution in [2.75, 3.05) is 46.0 Å². The summed E-state index contributed by atoms with van der Waals surface area (Å²) in [5.41, 5.74) is 1.40. The number of amides is 1. The van der Waals surface area contributed by atoms with E-state index in [4.69, 9.17) is 9.47 Å². The Balaban J connectivity index is 1.12. The number of piperidine rings is 1. The van der Waals surface area contributed by atoms with Crippen LogP contribution in [0.5, 0.6) is 5.75 Å². The van der Waals surface area contributed by atoms with Crippen molar-refractivity contribution < 1.29 is 23.0 Å². The van der Waals surface area contributed by atoms with E-state index in [-0.39, 0.29) is 11.8 Å². The smallest absolute Gasteiger partial charge is 0.272 e. The second-order valence-electron chi connectivity index (χ2n) is 9.88. The highest BCUT2D eigenvalue weighted by Gasteiger charge is 2.52. The lowest BCUT2D eigenvalue weighted by molar-refractivity contribution is -0.161. The number of benzene rings is 1. The SMILES string of the molecule is O=C(C1COC1)N1CC2(CCC(N3CCC(c4ccccc4OCC(F)F)CC3)C2)C1. The lowest BCUT2D eigenvalue weighted by Crippen LogP contribution is -2.61. The van der Waals surface area contributed by atoms with E-state index < -0.39 is 13.0 Å². The van der Waals surface area contributed by atoms with Gasteiger partial charge in [-0.05, 0) is 62.7 Å². The fourth-order valence-corrected chi connectivity index (χ4v) is 6.01. The third-order valence-corrected chi connectivity index (χ3v) is 7.80. The molecule has 3 heterocycles. The van der Waals surface area contributed by atoms with E-state index in [0.29, 0.717) is 36.3 Å². The lowest BCUT2D eigenvalue weighted by Gasteiger charge is -2.50. The van der Waals surface area contributed by atoms with Crippen LogP contribution in [0.4, 0.5) is 8.78 Å². The van der Waals surface area contributed by atoms with Gasteiger partial charge in [-0.25, -0.2) is 8.78 Å². The Labute approximate surface area is 182 Å². The largest absolute Gasteiger partial charge is 0.487 e. The third kappa shape index (κ3) is 4.31. The van der Waals surface area contributed by atoms with Gasteiger partial charge in [-0.15, -0.1) is 0 Å². The van der Waals surface area contributed by atoms with Crippen LogP contribution < -0.4 is 4.74 Å². The highest BCUT2D eigenvalue weighted by atomic mass is 19.3. The molecule has 1 aliphatic carbocycles. The standard InChI is InChI=1S/C24H32F2N2O3/c25-22(26)14-31-21-4-2-1-3-20(21)17-6-9-27(10-7-17)19-5-8-24(11-19)15-28(16-24)23(29)18-12-30-13-18/h1-4,17-19,22H,5-16H2. The maximum atomic E-state index is 12.6. The van der Waals surface area contributed by atoms with Crippen LogP contribution in [0.3, 0.4) is 0 Å². The Hall–Kier alpha value is -1.73. The highest BCUT2D eigenvalue weighted by molar-refractivity contribution is 5.80. The quantitative estimate of drug-likeness (QED) is 0.687. The third-order valence-electron chi connectivity index (χ3n) is 7.80. The first kappa shape index (κ1) is 21.1. The van der Waals surface area contributed by atoms with Crippen LogP contribution in [0.1, 0.15) is 43.6 Å². The molecule has 1 aromatic rings. The first-order valence-electron chi connectivity index (χ1n) is 11.6. The molecular formula is C24H32F2N2O3. The van der Waals surface area contributed by atoms with Crippen molar-refractivity contribution in [3.8, 4) is 5.75 Å². The van der Waals surface area contributed by atoms with Crippen LogP contribution in [0.15, 0.2) is 24.3 Å². The lowest BCUT2D eigenvalue weighted by atomic mass is 9.77. The van der Waals surface area contributed by atoms with Crippen LogP contribution in [-0.2, 0) is 9.53 Å². The topological polar surface area (TPSA) is 42.0 Å². The predicted octanol–water partition coefficient (Wildman–Crippen LogP) is 3.54. The van der Waals surface area contributed by atoms with Crippen molar-refractivity contribution in [1.82, 2.24) is 9.80 Å². The molecule has 0 bridgehead atoms. The average Bonchev–Trinajstić information content (AvgIpc) is 3.16. The van der Waals surface area contributed by atoms with Gasteiger partial charge in [0, 0.05) is 24.5 Å². The van der Waals surface area contributed by atoms with E-state index in [9.17, 15) is 13.6 Å². The van der Waals surface area contributed by atoms with Gasteiger partial charge >= 0.3 is 0 Å². The van der Waals surface area contributed by atoms with E-state index in [1.165, 1.54) is 19.3 Å². The Kier molecular flexibility index (Phi) is 5.90. The number of hydrogen-bond acceptors (Lipinski definition) is 4. The summed E-state index contributed by atoms with van der Waals surface area (Å²) < 4.78 is 35.7. The van der Waals surface area contributed by atoms with Gasteiger partial charge in [0.2, 0.25) is 5.91 Å². The monoisotopic (exact) mass is 434 g/mol. The summed E-state index contributed by atoms with van der Waals surface area (Å²) in [5, 5.41) is 0. The molecule has 3 saturated heterocycles. The number of para-hydroxylation sites is 1. The number of nitrogens with zero attached hydrogens (tertiary/aromatic N) is 2. The molecule has 4 fully saturated rings. The van der Waals surface area contributed by atoms with Crippen molar-refractivity contribution in [3.63, 3.8) is 0 Å². The maximum Gasteiger partial charge on any atom is 0.272 e. The molecule has 1 saturated carbocycles. The van der Waals surface area contributed by atoms with Gasteiger partial charge in [-0.1, -0.05) is 18.2 Å². The van der Waals surface area contributed by atoms with E-state index >= 15 is 0 Å². The van der Waals surface area contributed by atoms with Crippen molar-refractivity contribution in [2.24, 2.45) is 11.3 Å². The molecule has 5 nitrogen and oxygen atoms in total. The highest BCUT2D eigenvalue weighted by Crippen LogP contribution is 2.48. The Bertz CT molecular complexity index is 787. The molecule has 4 aliphatic rings. The van der Waals surface area contributed by atoms with Gasteiger partial charge in [0.1, 0.15) is 12.4 Å². The number of alkyl halides is 2. The first-order valence-corrected chi connectivity index (χ1v) is 11.6. The van der Waals surface area contributed by atoms with E-state index in [0.717, 1.165) is 44.6 Å². The zero-order valence-electron chi connectivity index (χ0n) is 18.0. The zero-order chi connectivity index (χ0) is 21.4. The Morgan fingerprint density at radius 3 is 2.58 bits per heavy atom. The second kappa shape index (κ2) is 8.66. The average molecular weight is 435 g/mol. The molecule has 1 atom stereocenters. The van der Waals surface area contributed by atoms with Crippen LogP contribution in [0, 0.1) is 11.3 Å². The number of carbonyl (C=O) groups excluding carboxylic acids is 1. The van der Waals surface area contributed by atoms with Crippen molar-refractivity contribution >= 4 is 5.91 Å². The second-order valence-corrected chi connectivity index (χ2v) is 9.88. The van der Waals surface area contributed by atoms with Crippen molar-refractivity contribution in [1.29, 1.82) is 0 Å². The van der Waals surface area contributed by atoms with Crippen molar-refractivity contribution in [2.45, 2.75) is 50.5 Å². The summed E-state index contributed by atoms with van der Waals surface area (Å²) in [5.74, 6) is 1.36. The van der Waals surface area contributed by atoms with Crippen LogP contribution in [-0.4, -0.2) is 74.2 Å². The molecule has 1 spiro atoms. The van der Waals surface area contributed by atoms with E-state index in [1.807, 2.05) is 29.2 Å². The zero-order valence-corrected chi connectivity index (χ0v) is 18.0. The summed E-state index contributed by atoms with van der Waals surface area (Å²) >= 11 is 0. The van der Waals surface area contributed by atoms with Crippen LogP contribution in [0.25, 0.3) is 0 Å². The summed E-state index contributed by atoms with van der Waals surface area (Å²) in [4.78, 5) is 17.1. The summed E-state index contributed by atoms with van der Waals surface area (Å²) in [6.07, 6.45) is 3.23. The molecule has 1 aromatic carbocycles. The molecule has 170 valence electrons. The maximum absolute atomic E-state index is 12.6. The molecule has 0 aromatic heterocycles. The molecule has 0 radical (unpaired) electrons. The van der Waals surface area contributed by atoms with Crippen molar-refractivity contribution in [3.05, 3.63) is 29.8 Å². The first-order chi connectivity index (χ1) is 15.0. The van der Waals surface area contributed by atoms with Gasteiger partial charge < -0.3 is 19.3 Å². The number of likely N-dealkylation sites (tertiary alicyclic amines) is 2. The molecule has 1 unspecified atom stereocenters. The molecule has 0 N–H and O–H groups in total. The fraction of sp³-hybridized carbons (Fsp3) is 0.708. The van der Waals surface area contributed by atoms with Gasteiger partial charge in [-0.3, -0.25) is 4.79 Å². The molecular weight excluding hydrogens is 402 g/mol. The molecule has 7 heteroatoms. The number of hydrogen-bond donors (Lipinski definition) is 0. The predicted molar refractivity (Wildman–Crippen MR) is 112 cm³/mol. The van der Waals surface area contributed by atoms with Crippen LogP contribution in [0.2, 0.25) is 0 Å². The van der Waals surface area contributed by atoms with Crippen LogP contribution >= 0.6 is 0 Å². The van der Waals surface area contributed by atoms with E-state index in [2.05, 4.69) is 4.90 Å². The minimum Gasteiger partial charge on any atom is -0.487 e. The number of carbonyl (C=O) groups is 1. The summed E-state index contributed by atoms with van der Waals surface area (Å²) in [7, 11) is 0. The number of rotatable bonds is 6. The Morgan fingerprint density at radius 2 is 1.90 bits per heavy atom. The van der Waals surface area contributed by atoms with Gasteiger partial charge in [0.25, 0.3) is 6.43 Å². The molecule has 3 aliphatic heterocycles. The summed E-state index contributed by atoms with van der Waals surface area (Å²) in [6, 6.07) is 8.26. The minimum absolute atomic E-state index is 0.0983. The molecule has 5 rings (SSSR count). The molecule has 1 amide bonds. The number of ether oxygens (including phenoxy) is 2.